The first kappa shape index (κ1) is 12.2. The van der Waals surface area contributed by atoms with Crippen LogP contribution >= 0.6 is 23.2 Å². The normalized spacial score (nSPS) is 10.3. The van der Waals surface area contributed by atoms with Crippen molar-refractivity contribution < 1.29 is 4.79 Å². The molecule has 0 unspecified atom stereocenters. The molecule has 0 radical (unpaired) electrons. The van der Waals surface area contributed by atoms with Gasteiger partial charge in [-0.15, -0.1) is 0 Å². The van der Waals surface area contributed by atoms with Crippen LogP contribution in [-0.2, 0) is 0 Å². The van der Waals surface area contributed by atoms with Gasteiger partial charge < -0.3 is 0 Å². The third-order valence-corrected chi connectivity index (χ3v) is 3.07. The number of hydrogen-bond donors (Lipinski definition) is 0. The molecular weight excluding hydrogens is 255 g/mol. The maximum Gasteiger partial charge on any atom is 0.159 e. The number of benzene rings is 2. The first-order chi connectivity index (χ1) is 8.08. The van der Waals surface area contributed by atoms with Crippen LogP contribution in [0.25, 0.3) is 11.1 Å². The highest BCUT2D eigenvalue weighted by Gasteiger charge is 2.06. The van der Waals surface area contributed by atoms with Crippen LogP contribution < -0.4 is 0 Å². The molecule has 0 N–H and O–H groups in total. The minimum absolute atomic E-state index is 0.0324. The van der Waals surface area contributed by atoms with Crippen molar-refractivity contribution in [1.82, 2.24) is 0 Å². The number of carbonyl (C=O) groups is 1. The Morgan fingerprint density at radius 1 is 1.06 bits per heavy atom. The lowest BCUT2D eigenvalue weighted by Gasteiger charge is -2.06. The number of rotatable bonds is 2. The molecule has 0 saturated heterocycles. The fraction of sp³-hybridized carbons (Fsp3) is 0.0714. The minimum atomic E-state index is 0.0324. The number of carbonyl (C=O) groups excluding carboxylic acids is 1. The van der Waals surface area contributed by atoms with E-state index in [2.05, 4.69) is 0 Å². The van der Waals surface area contributed by atoms with E-state index < -0.39 is 0 Å². The van der Waals surface area contributed by atoms with E-state index in [1.54, 1.807) is 31.2 Å². The lowest BCUT2D eigenvalue weighted by Crippen LogP contribution is -1.92. The molecule has 2 aromatic rings. The average Bonchev–Trinajstić information content (AvgIpc) is 2.32. The molecule has 2 aromatic carbocycles. The van der Waals surface area contributed by atoms with Crippen molar-refractivity contribution in [3.05, 3.63) is 58.1 Å². The molecule has 0 aliphatic rings. The zero-order valence-electron chi connectivity index (χ0n) is 9.21. The molecule has 0 aliphatic carbocycles. The molecule has 86 valence electrons. The van der Waals surface area contributed by atoms with Gasteiger partial charge in [-0.05, 0) is 36.8 Å². The van der Waals surface area contributed by atoms with E-state index in [-0.39, 0.29) is 5.78 Å². The van der Waals surface area contributed by atoms with Crippen LogP contribution in [0.15, 0.2) is 42.5 Å². The number of ketones is 1. The van der Waals surface area contributed by atoms with E-state index in [4.69, 9.17) is 23.2 Å². The van der Waals surface area contributed by atoms with Gasteiger partial charge in [0.1, 0.15) is 0 Å². The van der Waals surface area contributed by atoms with E-state index >= 15 is 0 Å². The Kier molecular flexibility index (Phi) is 3.51. The zero-order chi connectivity index (χ0) is 12.4. The molecule has 0 aromatic heterocycles. The Hall–Kier alpha value is -1.31. The van der Waals surface area contributed by atoms with Crippen LogP contribution in [0.4, 0.5) is 0 Å². The second-order valence-electron chi connectivity index (χ2n) is 3.76. The summed E-state index contributed by atoms with van der Waals surface area (Å²) in [6.07, 6.45) is 0. The predicted octanol–water partition coefficient (Wildman–Crippen LogP) is 4.86. The lowest BCUT2D eigenvalue weighted by atomic mass is 10.0. The van der Waals surface area contributed by atoms with Gasteiger partial charge >= 0.3 is 0 Å². The third-order valence-electron chi connectivity index (χ3n) is 2.51. The summed E-state index contributed by atoms with van der Waals surface area (Å²) in [6, 6.07) is 12.6. The molecule has 2 rings (SSSR count). The molecule has 17 heavy (non-hydrogen) atoms. The minimum Gasteiger partial charge on any atom is -0.295 e. The van der Waals surface area contributed by atoms with Gasteiger partial charge in [0, 0.05) is 21.2 Å². The quantitative estimate of drug-likeness (QED) is 0.708. The van der Waals surface area contributed by atoms with E-state index in [1.807, 2.05) is 18.2 Å². The molecule has 0 bridgehead atoms. The molecule has 0 heterocycles. The van der Waals surface area contributed by atoms with Crippen molar-refractivity contribution in [2.24, 2.45) is 0 Å². The maximum atomic E-state index is 11.3. The molecule has 1 nitrogen and oxygen atoms in total. The number of hydrogen-bond acceptors (Lipinski definition) is 1. The maximum absolute atomic E-state index is 11.3. The first-order valence-electron chi connectivity index (χ1n) is 5.14. The van der Waals surface area contributed by atoms with Crippen LogP contribution in [0.3, 0.4) is 0 Å². The monoisotopic (exact) mass is 264 g/mol. The molecule has 0 aliphatic heterocycles. The third kappa shape index (κ3) is 2.68. The van der Waals surface area contributed by atoms with Crippen molar-refractivity contribution in [3.8, 4) is 11.1 Å². The van der Waals surface area contributed by atoms with E-state index in [9.17, 15) is 4.79 Å². The van der Waals surface area contributed by atoms with Gasteiger partial charge in [-0.2, -0.15) is 0 Å². The molecular formula is C14H10Cl2O. The van der Waals surface area contributed by atoms with Crippen LogP contribution in [0.1, 0.15) is 17.3 Å². The number of halogens is 2. The van der Waals surface area contributed by atoms with Crippen LogP contribution in [0, 0.1) is 0 Å². The number of Topliss-reactive ketones (excluding diaryl/α,β-unsaturated/α-hetero) is 1. The van der Waals surface area contributed by atoms with Crippen molar-refractivity contribution in [1.29, 1.82) is 0 Å². The Labute approximate surface area is 110 Å². The van der Waals surface area contributed by atoms with Crippen molar-refractivity contribution in [2.45, 2.75) is 6.92 Å². The van der Waals surface area contributed by atoms with Crippen molar-refractivity contribution >= 4 is 29.0 Å². The van der Waals surface area contributed by atoms with Gasteiger partial charge in [0.05, 0.1) is 0 Å². The summed E-state index contributed by atoms with van der Waals surface area (Å²) in [5.74, 6) is 0.0324. The van der Waals surface area contributed by atoms with E-state index in [0.29, 0.717) is 15.6 Å². The Morgan fingerprint density at radius 3 is 2.53 bits per heavy atom. The average molecular weight is 265 g/mol. The van der Waals surface area contributed by atoms with Crippen LogP contribution in [0.2, 0.25) is 10.0 Å². The summed E-state index contributed by atoms with van der Waals surface area (Å²) in [5.41, 5.74) is 2.39. The standard InChI is InChI=1S/C14H10Cl2O/c1-9(17)10-3-2-4-11(7-10)13-8-12(15)5-6-14(13)16/h2-8H,1H3. The Morgan fingerprint density at radius 2 is 1.82 bits per heavy atom. The second kappa shape index (κ2) is 4.91. The highest BCUT2D eigenvalue weighted by atomic mass is 35.5. The zero-order valence-corrected chi connectivity index (χ0v) is 10.7. The fourth-order valence-corrected chi connectivity index (χ4v) is 2.02. The summed E-state index contributed by atoms with van der Waals surface area (Å²) in [7, 11) is 0. The fourth-order valence-electron chi connectivity index (χ4n) is 1.62. The van der Waals surface area contributed by atoms with E-state index in [1.165, 1.54) is 0 Å². The van der Waals surface area contributed by atoms with Gasteiger partial charge in [0.15, 0.2) is 5.78 Å². The van der Waals surface area contributed by atoms with Gasteiger partial charge in [-0.3, -0.25) is 4.79 Å². The molecule has 0 spiro atoms. The summed E-state index contributed by atoms with van der Waals surface area (Å²) in [4.78, 5) is 11.3. The molecule has 0 saturated carbocycles. The molecule has 0 atom stereocenters. The van der Waals surface area contributed by atoms with Crippen LogP contribution in [0.5, 0.6) is 0 Å². The van der Waals surface area contributed by atoms with Gasteiger partial charge in [-0.25, -0.2) is 0 Å². The van der Waals surface area contributed by atoms with Gasteiger partial charge in [-0.1, -0.05) is 41.4 Å². The Balaban J connectivity index is 2.56. The van der Waals surface area contributed by atoms with Gasteiger partial charge in [0.2, 0.25) is 0 Å². The summed E-state index contributed by atoms with van der Waals surface area (Å²) in [6.45, 7) is 1.54. The van der Waals surface area contributed by atoms with Crippen molar-refractivity contribution in [2.75, 3.05) is 0 Å². The van der Waals surface area contributed by atoms with E-state index in [0.717, 1.165) is 11.1 Å². The predicted molar refractivity (Wildman–Crippen MR) is 71.9 cm³/mol. The van der Waals surface area contributed by atoms with Gasteiger partial charge in [0.25, 0.3) is 0 Å². The molecule has 3 heteroatoms. The summed E-state index contributed by atoms with van der Waals surface area (Å²) in [5, 5.41) is 1.24. The van der Waals surface area contributed by atoms with Crippen molar-refractivity contribution in [3.63, 3.8) is 0 Å². The molecule has 0 amide bonds. The first-order valence-corrected chi connectivity index (χ1v) is 5.90. The SMILES string of the molecule is CC(=O)c1cccc(-c2cc(Cl)ccc2Cl)c1. The summed E-state index contributed by atoms with van der Waals surface area (Å²) < 4.78 is 0. The molecule has 0 fully saturated rings. The lowest BCUT2D eigenvalue weighted by molar-refractivity contribution is 0.101. The smallest absolute Gasteiger partial charge is 0.159 e. The Bertz CT molecular complexity index is 576. The highest BCUT2D eigenvalue weighted by molar-refractivity contribution is 6.35. The largest absolute Gasteiger partial charge is 0.295 e. The summed E-state index contributed by atoms with van der Waals surface area (Å²) >= 11 is 12.1. The second-order valence-corrected chi connectivity index (χ2v) is 4.60. The topological polar surface area (TPSA) is 17.1 Å². The highest BCUT2D eigenvalue weighted by Crippen LogP contribution is 2.30. The van der Waals surface area contributed by atoms with Crippen LogP contribution in [-0.4, -0.2) is 5.78 Å².